The van der Waals surface area contributed by atoms with Crippen LogP contribution in [0.25, 0.3) is 11.1 Å². The van der Waals surface area contributed by atoms with Gasteiger partial charge in [-0.15, -0.1) is 0 Å². The van der Waals surface area contributed by atoms with Gasteiger partial charge in [0.1, 0.15) is 17.7 Å². The van der Waals surface area contributed by atoms with Crippen molar-refractivity contribution in [1.82, 2.24) is 15.4 Å². The number of hydrogen-bond acceptors (Lipinski definition) is 5. The van der Waals surface area contributed by atoms with Crippen LogP contribution in [-0.2, 0) is 15.0 Å². The van der Waals surface area contributed by atoms with Gasteiger partial charge in [0, 0.05) is 24.4 Å². The van der Waals surface area contributed by atoms with Crippen LogP contribution < -0.4 is 5.32 Å². The largest absolute Gasteiger partial charge is 0.391 e. The average Bonchev–Trinajstić information content (AvgIpc) is 3.51. The smallest absolute Gasteiger partial charge is 0.243 e. The van der Waals surface area contributed by atoms with E-state index in [4.69, 9.17) is 4.52 Å². The van der Waals surface area contributed by atoms with Crippen LogP contribution in [0, 0.1) is 19.8 Å². The molecule has 1 saturated heterocycles. The van der Waals surface area contributed by atoms with Gasteiger partial charge in [-0.2, -0.15) is 0 Å². The quantitative estimate of drug-likeness (QED) is 0.389. The predicted octanol–water partition coefficient (Wildman–Crippen LogP) is 5.83. The Kier molecular flexibility index (Phi) is 8.55. The van der Waals surface area contributed by atoms with Gasteiger partial charge in [0.05, 0.1) is 17.8 Å². The lowest BCUT2D eigenvalue weighted by atomic mass is 9.88. The Balaban J connectivity index is 1.50. The molecule has 40 heavy (non-hydrogen) atoms. The highest BCUT2D eigenvalue weighted by Gasteiger charge is 2.43. The van der Waals surface area contributed by atoms with Crippen LogP contribution in [-0.4, -0.2) is 45.7 Å². The third kappa shape index (κ3) is 6.15. The highest BCUT2D eigenvalue weighted by Crippen LogP contribution is 2.34. The lowest BCUT2D eigenvalue weighted by Crippen LogP contribution is -2.48. The topological polar surface area (TPSA) is 95.7 Å². The summed E-state index contributed by atoms with van der Waals surface area (Å²) in [5.41, 5.74) is 6.32. The van der Waals surface area contributed by atoms with Gasteiger partial charge in [-0.05, 0) is 54.5 Å². The van der Waals surface area contributed by atoms with E-state index in [1.807, 2.05) is 59.7 Å². The fourth-order valence-corrected chi connectivity index (χ4v) is 5.61. The molecule has 4 rings (SSSR count). The van der Waals surface area contributed by atoms with E-state index in [0.29, 0.717) is 5.76 Å². The lowest BCUT2D eigenvalue weighted by molar-refractivity contribution is -0.141. The molecule has 0 spiro atoms. The van der Waals surface area contributed by atoms with Gasteiger partial charge >= 0.3 is 0 Å². The first-order valence-corrected chi connectivity index (χ1v) is 14.2. The number of nitrogens with one attached hydrogen (secondary N) is 1. The number of aryl methyl sites for hydroxylation is 2. The van der Waals surface area contributed by atoms with Crippen molar-refractivity contribution in [2.24, 2.45) is 5.92 Å². The van der Waals surface area contributed by atoms with Crippen LogP contribution in [0.1, 0.15) is 88.1 Å². The molecule has 1 aromatic heterocycles. The summed E-state index contributed by atoms with van der Waals surface area (Å²) in [7, 11) is 0. The second-order valence-electron chi connectivity index (χ2n) is 12.6. The van der Waals surface area contributed by atoms with Crippen molar-refractivity contribution in [2.75, 3.05) is 6.54 Å². The van der Waals surface area contributed by atoms with Gasteiger partial charge in [0.25, 0.3) is 0 Å². The maximum Gasteiger partial charge on any atom is 0.243 e. The van der Waals surface area contributed by atoms with Crippen LogP contribution in [0.15, 0.2) is 53.1 Å². The number of likely N-dealkylation sites (tertiary alicyclic amines) is 1. The van der Waals surface area contributed by atoms with Gasteiger partial charge in [0.15, 0.2) is 0 Å². The fraction of sp³-hybridized carbons (Fsp3) is 0.485. The summed E-state index contributed by atoms with van der Waals surface area (Å²) in [6.07, 6.45) is -0.566. The minimum absolute atomic E-state index is 0.0796. The first kappa shape index (κ1) is 29.5. The second kappa shape index (κ2) is 11.6. The van der Waals surface area contributed by atoms with Crippen LogP contribution in [0.2, 0.25) is 0 Å². The number of hydrogen-bond donors (Lipinski definition) is 2. The highest BCUT2D eigenvalue weighted by atomic mass is 16.5. The molecule has 7 nitrogen and oxygen atoms in total. The van der Waals surface area contributed by atoms with E-state index in [0.717, 1.165) is 16.8 Å². The molecule has 2 heterocycles. The van der Waals surface area contributed by atoms with E-state index < -0.39 is 18.1 Å². The monoisotopic (exact) mass is 545 g/mol. The molecule has 1 aliphatic rings. The van der Waals surface area contributed by atoms with E-state index in [1.165, 1.54) is 21.6 Å². The molecule has 7 heteroatoms. The molecule has 4 atom stereocenters. The number of β-amino-alcohol motifs (C(OH)–C–C–N with tert-alkyl or cyclic N) is 1. The van der Waals surface area contributed by atoms with E-state index in [9.17, 15) is 14.7 Å². The number of carbonyl (C=O) groups excluding carboxylic acids is 2. The summed E-state index contributed by atoms with van der Waals surface area (Å²) in [5.74, 6) is -0.688. The minimum atomic E-state index is -0.765. The number of benzene rings is 2. The Labute approximate surface area is 238 Å². The SMILES string of the molecule is Cc1cccc(C)c1-c1ccc([C@H](C)NC(=O)[C@@H]2C[C@@H](O)CN2C(=O)[C@@H](c2cc(C(C)(C)C)no2)C(C)C)cc1. The van der Waals surface area contributed by atoms with Crippen LogP contribution in [0.5, 0.6) is 0 Å². The maximum absolute atomic E-state index is 13.8. The lowest BCUT2D eigenvalue weighted by Gasteiger charge is -2.29. The Bertz CT molecular complexity index is 1330. The van der Waals surface area contributed by atoms with Crippen LogP contribution in [0.4, 0.5) is 0 Å². The molecule has 2 N–H and O–H groups in total. The molecule has 214 valence electrons. The molecule has 2 amide bonds. The highest BCUT2D eigenvalue weighted by molar-refractivity contribution is 5.91. The molecule has 0 radical (unpaired) electrons. The predicted molar refractivity (Wildman–Crippen MR) is 157 cm³/mol. The van der Waals surface area contributed by atoms with Crippen LogP contribution >= 0.6 is 0 Å². The summed E-state index contributed by atoms with van der Waals surface area (Å²) in [6.45, 7) is 16.3. The van der Waals surface area contributed by atoms with Crippen molar-refractivity contribution >= 4 is 11.8 Å². The number of carbonyl (C=O) groups is 2. The van der Waals surface area contributed by atoms with Crippen molar-refractivity contribution in [2.45, 2.75) is 91.3 Å². The van der Waals surface area contributed by atoms with Crippen molar-refractivity contribution < 1.29 is 19.2 Å². The van der Waals surface area contributed by atoms with Crippen molar-refractivity contribution in [3.8, 4) is 11.1 Å². The number of rotatable bonds is 7. The molecule has 0 saturated carbocycles. The van der Waals surface area contributed by atoms with Gasteiger partial charge in [-0.3, -0.25) is 9.59 Å². The Morgan fingerprint density at radius 2 is 1.68 bits per heavy atom. The molecule has 3 aromatic rings. The minimum Gasteiger partial charge on any atom is -0.391 e. The van der Waals surface area contributed by atoms with Gasteiger partial charge in [0.2, 0.25) is 11.8 Å². The normalized spacial score (nSPS) is 19.1. The zero-order chi connectivity index (χ0) is 29.4. The summed E-state index contributed by atoms with van der Waals surface area (Å²) in [6, 6.07) is 15.3. The molecule has 1 aliphatic heterocycles. The van der Waals surface area contributed by atoms with Crippen LogP contribution in [0.3, 0.4) is 0 Å². The molecule has 0 bridgehead atoms. The third-order valence-corrected chi connectivity index (χ3v) is 7.94. The molecule has 0 unspecified atom stereocenters. The number of amides is 2. The van der Waals surface area contributed by atoms with Crippen molar-refractivity contribution in [1.29, 1.82) is 0 Å². The van der Waals surface area contributed by atoms with E-state index in [-0.39, 0.29) is 42.2 Å². The van der Waals surface area contributed by atoms with Gasteiger partial charge in [-0.25, -0.2) is 0 Å². The number of aromatic nitrogens is 1. The maximum atomic E-state index is 13.8. The molecular weight excluding hydrogens is 502 g/mol. The van der Waals surface area contributed by atoms with Crippen molar-refractivity contribution in [3.63, 3.8) is 0 Å². The van der Waals surface area contributed by atoms with Gasteiger partial charge < -0.3 is 19.8 Å². The summed E-state index contributed by atoms with van der Waals surface area (Å²) < 4.78 is 5.64. The van der Waals surface area contributed by atoms with E-state index in [1.54, 1.807) is 0 Å². The Morgan fingerprint density at radius 3 is 2.23 bits per heavy atom. The van der Waals surface area contributed by atoms with Gasteiger partial charge in [-0.1, -0.05) is 82.2 Å². The zero-order valence-corrected chi connectivity index (χ0v) is 25.0. The summed E-state index contributed by atoms with van der Waals surface area (Å²) in [5, 5.41) is 17.8. The third-order valence-electron chi connectivity index (χ3n) is 7.94. The Morgan fingerprint density at radius 1 is 1.05 bits per heavy atom. The van der Waals surface area contributed by atoms with Crippen molar-refractivity contribution in [3.05, 3.63) is 76.7 Å². The summed E-state index contributed by atoms with van der Waals surface area (Å²) >= 11 is 0. The molecule has 0 aliphatic carbocycles. The van der Waals surface area contributed by atoms with E-state index >= 15 is 0 Å². The first-order chi connectivity index (χ1) is 18.8. The Hall–Kier alpha value is -3.45. The summed E-state index contributed by atoms with van der Waals surface area (Å²) in [4.78, 5) is 28.8. The number of nitrogens with zero attached hydrogens (tertiary/aromatic N) is 2. The molecule has 2 aromatic carbocycles. The number of aliphatic hydroxyl groups is 1. The van der Waals surface area contributed by atoms with E-state index in [2.05, 4.69) is 54.7 Å². The fourth-order valence-electron chi connectivity index (χ4n) is 5.61. The standard InChI is InChI=1S/C33H43N3O4/c1-19(2)29(27-17-28(35-40-27)33(6,7)8)32(39)36-18-25(37)16-26(36)31(38)34-22(5)23-12-14-24(15-13-23)30-20(3)10-9-11-21(30)4/h9-15,17,19,22,25-26,29,37H,16,18H2,1-8H3,(H,34,38)/t22-,25+,26-,29+/m0/s1. The second-order valence-corrected chi connectivity index (χ2v) is 12.6. The average molecular weight is 546 g/mol. The first-order valence-electron chi connectivity index (χ1n) is 14.2. The molecular formula is C33H43N3O4. The molecule has 1 fully saturated rings. The number of aliphatic hydroxyl groups excluding tert-OH is 1. The zero-order valence-electron chi connectivity index (χ0n) is 25.0.